The first-order chi connectivity index (χ1) is 8.83. The van der Waals surface area contributed by atoms with E-state index < -0.39 is 0 Å². The Labute approximate surface area is 106 Å². The van der Waals surface area contributed by atoms with Crippen LogP contribution in [0.1, 0.15) is 36.1 Å². The monoisotopic (exact) mass is 242 g/mol. The van der Waals surface area contributed by atoms with Crippen LogP contribution in [0.5, 0.6) is 0 Å². The second-order valence-electron chi connectivity index (χ2n) is 5.61. The van der Waals surface area contributed by atoms with Crippen molar-refractivity contribution in [2.24, 2.45) is 5.92 Å². The first-order valence-electron chi connectivity index (χ1n) is 6.93. The second kappa shape index (κ2) is 3.70. The molecule has 1 fully saturated rings. The summed E-state index contributed by atoms with van der Waals surface area (Å²) in [4.78, 5) is 4.81. The van der Waals surface area contributed by atoms with E-state index in [9.17, 15) is 0 Å². The molecule has 0 atom stereocenters. The van der Waals surface area contributed by atoms with E-state index in [0.29, 0.717) is 0 Å². The van der Waals surface area contributed by atoms with E-state index >= 15 is 0 Å². The third-order valence-corrected chi connectivity index (χ3v) is 4.18. The van der Waals surface area contributed by atoms with Crippen molar-refractivity contribution in [2.75, 3.05) is 11.9 Å². The van der Waals surface area contributed by atoms with Crippen molar-refractivity contribution >= 4 is 11.5 Å². The van der Waals surface area contributed by atoms with E-state index in [1.165, 1.54) is 36.1 Å². The molecule has 2 aliphatic rings. The van der Waals surface area contributed by atoms with Crippen LogP contribution in [0.4, 0.5) is 5.82 Å². The Balaban J connectivity index is 1.88. The number of hydrogen-bond acceptors (Lipinski definition) is 3. The molecule has 2 aromatic rings. The van der Waals surface area contributed by atoms with Crippen LogP contribution in [0.25, 0.3) is 5.65 Å². The van der Waals surface area contributed by atoms with Gasteiger partial charge >= 0.3 is 0 Å². The molecule has 4 heteroatoms. The van der Waals surface area contributed by atoms with Crippen molar-refractivity contribution in [2.45, 2.75) is 39.0 Å². The maximum atomic E-state index is 4.81. The van der Waals surface area contributed by atoms with Gasteiger partial charge in [0, 0.05) is 23.4 Å². The summed E-state index contributed by atoms with van der Waals surface area (Å²) < 4.78 is 2.03. The van der Waals surface area contributed by atoms with Crippen LogP contribution in [0.3, 0.4) is 0 Å². The molecular weight excluding hydrogens is 224 g/mol. The lowest BCUT2D eigenvalue weighted by Gasteiger charge is -2.19. The minimum Gasteiger partial charge on any atom is -0.370 e. The van der Waals surface area contributed by atoms with Crippen LogP contribution >= 0.6 is 0 Å². The van der Waals surface area contributed by atoms with Crippen molar-refractivity contribution in [1.29, 1.82) is 0 Å². The molecule has 1 saturated carbocycles. The Morgan fingerprint density at radius 2 is 2.33 bits per heavy atom. The average Bonchev–Trinajstić information content (AvgIpc) is 3.12. The summed E-state index contributed by atoms with van der Waals surface area (Å²) >= 11 is 0. The third-order valence-electron chi connectivity index (χ3n) is 4.18. The lowest BCUT2D eigenvalue weighted by molar-refractivity contribution is 0.775. The average molecular weight is 242 g/mol. The van der Waals surface area contributed by atoms with Gasteiger partial charge in [0.2, 0.25) is 0 Å². The van der Waals surface area contributed by atoms with Crippen LogP contribution in [0.15, 0.2) is 6.20 Å². The highest BCUT2D eigenvalue weighted by atomic mass is 15.3. The van der Waals surface area contributed by atoms with Gasteiger partial charge in [-0.25, -0.2) is 9.50 Å². The van der Waals surface area contributed by atoms with Crippen LogP contribution < -0.4 is 5.32 Å². The van der Waals surface area contributed by atoms with Crippen molar-refractivity contribution in [3.8, 4) is 0 Å². The molecule has 94 valence electrons. The van der Waals surface area contributed by atoms with Crippen molar-refractivity contribution < 1.29 is 0 Å². The van der Waals surface area contributed by atoms with E-state index in [4.69, 9.17) is 4.98 Å². The largest absolute Gasteiger partial charge is 0.370 e. The lowest BCUT2D eigenvalue weighted by Crippen LogP contribution is -2.17. The number of hydrogen-bond donors (Lipinski definition) is 1. The summed E-state index contributed by atoms with van der Waals surface area (Å²) in [5, 5.41) is 7.96. The lowest BCUT2D eigenvalue weighted by atomic mass is 10.1. The van der Waals surface area contributed by atoms with Gasteiger partial charge in [-0.1, -0.05) is 0 Å². The predicted molar refractivity (Wildman–Crippen MR) is 71.0 cm³/mol. The van der Waals surface area contributed by atoms with Crippen LogP contribution in [-0.2, 0) is 12.8 Å². The van der Waals surface area contributed by atoms with E-state index in [1.54, 1.807) is 0 Å². The normalized spacial score (nSPS) is 18.7. The van der Waals surface area contributed by atoms with Gasteiger partial charge in [-0.15, -0.1) is 0 Å². The van der Waals surface area contributed by atoms with Gasteiger partial charge in [-0.2, -0.15) is 5.10 Å². The molecule has 0 radical (unpaired) electrons. The fraction of sp³-hybridized carbons (Fsp3) is 0.571. The molecule has 2 aromatic heterocycles. The number of aryl methyl sites for hydroxylation is 1. The summed E-state index contributed by atoms with van der Waals surface area (Å²) in [5.74, 6) is 1.97. The Hall–Kier alpha value is -1.58. The van der Waals surface area contributed by atoms with Crippen molar-refractivity contribution in [3.63, 3.8) is 0 Å². The molecule has 1 N–H and O–H groups in total. The molecule has 1 aliphatic heterocycles. The molecule has 3 heterocycles. The molecule has 4 rings (SSSR count). The maximum Gasteiger partial charge on any atom is 0.160 e. The number of fused-ring (bicyclic) bond motifs is 2. The zero-order valence-electron chi connectivity index (χ0n) is 10.7. The molecule has 0 spiro atoms. The quantitative estimate of drug-likeness (QED) is 0.879. The maximum absolute atomic E-state index is 4.81. The van der Waals surface area contributed by atoms with E-state index in [1.807, 2.05) is 10.7 Å². The Kier molecular flexibility index (Phi) is 2.13. The highest BCUT2D eigenvalue weighted by molar-refractivity contribution is 5.58. The van der Waals surface area contributed by atoms with Gasteiger partial charge in [0.15, 0.2) is 5.65 Å². The summed E-state index contributed by atoms with van der Waals surface area (Å²) in [7, 11) is 0. The summed E-state index contributed by atoms with van der Waals surface area (Å²) in [5.41, 5.74) is 4.97. The molecule has 1 aliphatic carbocycles. The molecule has 0 aromatic carbocycles. The van der Waals surface area contributed by atoms with Gasteiger partial charge < -0.3 is 5.32 Å². The SMILES string of the molecule is Cc1c2c(nc3c(CC4CC4)cnn13)NCCC2. The van der Waals surface area contributed by atoms with Crippen LogP contribution in [-0.4, -0.2) is 21.1 Å². The number of rotatable bonds is 2. The van der Waals surface area contributed by atoms with Gasteiger partial charge in [0.1, 0.15) is 5.82 Å². The van der Waals surface area contributed by atoms with Crippen LogP contribution in [0, 0.1) is 12.8 Å². The standard InChI is InChI=1S/C14H18N4/c1-9-12-3-2-6-15-13(12)17-14-11(7-10-4-5-10)8-16-18(9)14/h8,10H,2-7H2,1H3,(H,15,17). The second-order valence-corrected chi connectivity index (χ2v) is 5.61. The molecular formula is C14H18N4. The van der Waals surface area contributed by atoms with Crippen molar-refractivity contribution in [3.05, 3.63) is 23.0 Å². The van der Waals surface area contributed by atoms with Gasteiger partial charge in [0.25, 0.3) is 0 Å². The molecule has 0 bridgehead atoms. The topological polar surface area (TPSA) is 42.2 Å². The summed E-state index contributed by atoms with van der Waals surface area (Å²) in [6, 6.07) is 0. The van der Waals surface area contributed by atoms with Gasteiger partial charge in [-0.3, -0.25) is 0 Å². The Bertz CT molecular complexity index is 610. The predicted octanol–water partition coefficient (Wildman–Crippen LogP) is 2.35. The molecule has 4 nitrogen and oxygen atoms in total. The molecule has 0 unspecified atom stereocenters. The minimum absolute atomic E-state index is 0.879. The third kappa shape index (κ3) is 1.51. The summed E-state index contributed by atoms with van der Waals surface area (Å²) in [6.07, 6.45) is 8.22. The number of aromatic nitrogens is 3. The number of anilines is 1. The van der Waals surface area contributed by atoms with Gasteiger partial charge in [0.05, 0.1) is 6.20 Å². The zero-order chi connectivity index (χ0) is 12.1. The Morgan fingerprint density at radius 3 is 3.17 bits per heavy atom. The zero-order valence-corrected chi connectivity index (χ0v) is 10.7. The van der Waals surface area contributed by atoms with E-state index in [0.717, 1.165) is 36.8 Å². The minimum atomic E-state index is 0.879. The highest BCUT2D eigenvalue weighted by Crippen LogP contribution is 2.34. The molecule has 18 heavy (non-hydrogen) atoms. The first kappa shape index (κ1) is 10.4. The Morgan fingerprint density at radius 1 is 1.44 bits per heavy atom. The summed E-state index contributed by atoms with van der Waals surface area (Å²) in [6.45, 7) is 3.20. The van der Waals surface area contributed by atoms with Crippen LogP contribution in [0.2, 0.25) is 0 Å². The smallest absolute Gasteiger partial charge is 0.160 e. The number of nitrogens with zero attached hydrogens (tertiary/aromatic N) is 3. The highest BCUT2D eigenvalue weighted by Gasteiger charge is 2.25. The van der Waals surface area contributed by atoms with E-state index in [2.05, 4.69) is 17.3 Å². The molecule has 0 amide bonds. The number of nitrogens with one attached hydrogen (secondary N) is 1. The van der Waals surface area contributed by atoms with Crippen molar-refractivity contribution in [1.82, 2.24) is 14.6 Å². The van der Waals surface area contributed by atoms with E-state index in [-0.39, 0.29) is 0 Å². The molecule has 0 saturated heterocycles. The fourth-order valence-electron chi connectivity index (χ4n) is 2.91. The van der Waals surface area contributed by atoms with Gasteiger partial charge in [-0.05, 0) is 44.9 Å². The first-order valence-corrected chi connectivity index (χ1v) is 6.93. The fourth-order valence-corrected chi connectivity index (χ4v) is 2.91.